The van der Waals surface area contributed by atoms with E-state index in [0.717, 1.165) is 35.6 Å². The third-order valence-electron chi connectivity index (χ3n) is 7.32. The highest BCUT2D eigenvalue weighted by molar-refractivity contribution is 5.90. The van der Waals surface area contributed by atoms with Crippen molar-refractivity contribution in [1.29, 1.82) is 0 Å². The first-order chi connectivity index (χ1) is 16.7. The summed E-state index contributed by atoms with van der Waals surface area (Å²) in [5.41, 5.74) is 5.95. The minimum atomic E-state index is -4.55. The van der Waals surface area contributed by atoms with Crippen molar-refractivity contribution in [2.45, 2.75) is 64.0 Å². The van der Waals surface area contributed by atoms with Crippen LogP contribution in [0, 0.1) is 5.92 Å². The van der Waals surface area contributed by atoms with Gasteiger partial charge in [0.2, 0.25) is 0 Å². The quantitative estimate of drug-likeness (QED) is 0.296. The van der Waals surface area contributed by atoms with Crippen molar-refractivity contribution in [3.63, 3.8) is 0 Å². The third-order valence-corrected chi connectivity index (χ3v) is 7.32. The van der Waals surface area contributed by atoms with Gasteiger partial charge in [-0.15, -0.1) is 0 Å². The van der Waals surface area contributed by atoms with E-state index in [9.17, 15) is 18.0 Å². The van der Waals surface area contributed by atoms with Crippen LogP contribution < -0.4 is 4.74 Å². The maximum Gasteiger partial charge on any atom is 0.398 e. The summed E-state index contributed by atoms with van der Waals surface area (Å²) in [5.74, 6) is -2.04. The molecule has 1 aliphatic heterocycles. The molecule has 0 N–H and O–H groups in total. The van der Waals surface area contributed by atoms with Gasteiger partial charge < -0.3 is 14.0 Å². The molecule has 0 spiro atoms. The molecule has 1 aliphatic carbocycles. The second-order valence-corrected chi connectivity index (χ2v) is 9.48. The molecule has 2 aliphatic rings. The van der Waals surface area contributed by atoms with Crippen molar-refractivity contribution in [3.05, 3.63) is 66.2 Å². The number of ether oxygens (including phenoxy) is 2. The number of benzene rings is 2. The lowest BCUT2D eigenvalue weighted by molar-refractivity contribution is -0.214. The molecular weight excluding hydrogens is 455 g/mol. The number of aromatic nitrogens is 1. The molecule has 35 heavy (non-hydrogen) atoms. The Hall–Kier alpha value is -3.22. The monoisotopic (exact) mass is 483 g/mol. The molecule has 0 amide bonds. The average Bonchev–Trinajstić information content (AvgIpc) is 3.39. The van der Waals surface area contributed by atoms with E-state index in [2.05, 4.69) is 49.3 Å². The summed E-state index contributed by atoms with van der Waals surface area (Å²) < 4.78 is 54.9. The fourth-order valence-electron chi connectivity index (χ4n) is 5.71. The number of carbonyl (C=O) groups excluding carboxylic acids is 1. The molecule has 1 saturated carbocycles. The van der Waals surface area contributed by atoms with E-state index in [-0.39, 0.29) is 12.8 Å². The number of rotatable bonds is 5. The number of aryl methyl sites for hydroxylation is 1. The predicted molar refractivity (Wildman–Crippen MR) is 128 cm³/mol. The van der Waals surface area contributed by atoms with Gasteiger partial charge in [-0.05, 0) is 54.5 Å². The summed E-state index contributed by atoms with van der Waals surface area (Å²) in [4.78, 5) is 11.6. The van der Waals surface area contributed by atoms with Gasteiger partial charge in [-0.25, -0.2) is 4.79 Å². The number of nitrogens with zero attached hydrogens (tertiary/aromatic N) is 1. The number of alkyl halides is 3. The van der Waals surface area contributed by atoms with Gasteiger partial charge in [0.15, 0.2) is 0 Å². The van der Waals surface area contributed by atoms with E-state index in [0.29, 0.717) is 11.7 Å². The lowest BCUT2D eigenvalue weighted by atomic mass is 9.87. The van der Waals surface area contributed by atoms with Crippen LogP contribution >= 0.6 is 0 Å². The molecule has 2 heterocycles. The maximum atomic E-state index is 13.9. The van der Waals surface area contributed by atoms with Crippen molar-refractivity contribution in [2.75, 3.05) is 0 Å². The summed E-state index contributed by atoms with van der Waals surface area (Å²) in [6.07, 6.45) is -4.92. The molecule has 4 unspecified atom stereocenters. The topological polar surface area (TPSA) is 40.5 Å². The number of halogens is 3. The first-order valence-electron chi connectivity index (χ1n) is 12.0. The second kappa shape index (κ2) is 8.77. The van der Waals surface area contributed by atoms with E-state index in [1.54, 1.807) is 6.07 Å². The van der Waals surface area contributed by atoms with Gasteiger partial charge in [0.25, 0.3) is 0 Å². The third kappa shape index (κ3) is 4.11. The molecule has 3 aromatic rings. The number of hydrogen-bond acceptors (Lipinski definition) is 3. The first-order valence-corrected chi connectivity index (χ1v) is 12.0. The molecule has 184 valence electrons. The lowest BCUT2D eigenvalue weighted by Gasteiger charge is -2.28. The van der Waals surface area contributed by atoms with Gasteiger partial charge in [-0.1, -0.05) is 38.6 Å². The first kappa shape index (κ1) is 23.5. The van der Waals surface area contributed by atoms with Crippen LogP contribution in [0.3, 0.4) is 0 Å². The smallest absolute Gasteiger partial charge is 0.398 e. The molecular formula is C28H28F3NO3. The molecule has 5 rings (SSSR count). The Kier molecular flexibility index (Phi) is 5.90. The molecule has 0 radical (unpaired) electrons. The highest BCUT2D eigenvalue weighted by Gasteiger charge is 2.55. The Morgan fingerprint density at radius 2 is 1.94 bits per heavy atom. The van der Waals surface area contributed by atoms with Crippen LogP contribution in [-0.2, 0) is 22.5 Å². The minimum Gasteiger partial charge on any atom is -0.490 e. The van der Waals surface area contributed by atoms with Gasteiger partial charge >= 0.3 is 12.1 Å². The van der Waals surface area contributed by atoms with Gasteiger partial charge in [0.05, 0.1) is 5.52 Å². The number of hydrogen-bond donors (Lipinski definition) is 0. The van der Waals surface area contributed by atoms with E-state index in [1.807, 2.05) is 12.1 Å². The highest BCUT2D eigenvalue weighted by Crippen LogP contribution is 2.45. The molecule has 1 fully saturated rings. The molecule has 2 aromatic carbocycles. The Morgan fingerprint density at radius 3 is 2.66 bits per heavy atom. The van der Waals surface area contributed by atoms with E-state index >= 15 is 0 Å². The van der Waals surface area contributed by atoms with Crippen LogP contribution in [0.1, 0.15) is 43.7 Å². The van der Waals surface area contributed by atoms with Crippen LogP contribution in [0.4, 0.5) is 13.2 Å². The zero-order valence-electron chi connectivity index (χ0n) is 19.8. The summed E-state index contributed by atoms with van der Waals surface area (Å²) in [6, 6.07) is 14.1. The standard InChI is InChI=1S/C28H28F3NO3/c1-4-17-7-6-8-20-16(3)15-32-21-14-19(10-9-18(21)13-22(32)26(17)20)34-23-11-12-24(35-25(33)5-2)27(23)28(29,30)31/h5-10,13-14,16,23-24,27H,2,4,11-12,15H2,1,3H3. The van der Waals surface area contributed by atoms with Crippen LogP contribution in [0.5, 0.6) is 5.75 Å². The molecule has 1 aromatic heterocycles. The van der Waals surface area contributed by atoms with Crippen molar-refractivity contribution < 1.29 is 27.4 Å². The predicted octanol–water partition coefficient (Wildman–Crippen LogP) is 6.81. The molecule has 4 nitrogen and oxygen atoms in total. The molecule has 7 heteroatoms. The second-order valence-electron chi connectivity index (χ2n) is 9.48. The van der Waals surface area contributed by atoms with Crippen molar-refractivity contribution >= 4 is 16.9 Å². The van der Waals surface area contributed by atoms with Crippen LogP contribution in [0.25, 0.3) is 22.2 Å². The van der Waals surface area contributed by atoms with E-state index in [1.165, 1.54) is 16.7 Å². The maximum absolute atomic E-state index is 13.9. The number of fused-ring (bicyclic) bond motifs is 5. The van der Waals surface area contributed by atoms with Gasteiger partial charge in [0, 0.05) is 35.3 Å². The summed E-state index contributed by atoms with van der Waals surface area (Å²) >= 11 is 0. The Morgan fingerprint density at radius 1 is 1.17 bits per heavy atom. The van der Waals surface area contributed by atoms with Gasteiger partial charge in [-0.2, -0.15) is 13.2 Å². The lowest BCUT2D eigenvalue weighted by Crippen LogP contribution is -2.41. The zero-order chi connectivity index (χ0) is 24.9. The minimum absolute atomic E-state index is 0.0886. The number of esters is 1. The van der Waals surface area contributed by atoms with Crippen molar-refractivity contribution in [1.82, 2.24) is 4.57 Å². The van der Waals surface area contributed by atoms with Crippen LogP contribution in [-0.4, -0.2) is 28.9 Å². The van der Waals surface area contributed by atoms with E-state index in [4.69, 9.17) is 9.47 Å². The highest BCUT2D eigenvalue weighted by atomic mass is 19.4. The summed E-state index contributed by atoms with van der Waals surface area (Å²) in [7, 11) is 0. The van der Waals surface area contributed by atoms with Gasteiger partial charge in [0.1, 0.15) is 23.9 Å². The fourth-order valence-corrected chi connectivity index (χ4v) is 5.71. The van der Waals surface area contributed by atoms with E-state index < -0.39 is 30.3 Å². The SMILES string of the molecule is C=CC(=O)OC1CCC(Oc2ccc3cc4n(c3c2)CC(C)c2cccc(CC)c2-4)C1C(F)(F)F. The average molecular weight is 484 g/mol. The summed E-state index contributed by atoms with van der Waals surface area (Å²) in [5, 5.41) is 1.02. The van der Waals surface area contributed by atoms with Crippen LogP contribution in [0.2, 0.25) is 0 Å². The molecule has 0 bridgehead atoms. The van der Waals surface area contributed by atoms with Crippen LogP contribution in [0.15, 0.2) is 55.1 Å². The number of carbonyl (C=O) groups is 1. The van der Waals surface area contributed by atoms with Crippen molar-refractivity contribution in [3.8, 4) is 17.0 Å². The fraction of sp³-hybridized carbons (Fsp3) is 0.393. The molecule has 4 atom stereocenters. The molecule has 0 saturated heterocycles. The Balaban J connectivity index is 1.49. The zero-order valence-corrected chi connectivity index (χ0v) is 19.8. The van der Waals surface area contributed by atoms with Gasteiger partial charge in [-0.3, -0.25) is 0 Å². The Labute approximate surface area is 202 Å². The Bertz CT molecular complexity index is 1290. The summed E-state index contributed by atoms with van der Waals surface area (Å²) in [6.45, 7) is 8.41. The normalized spacial score (nSPS) is 23.6. The largest absolute Gasteiger partial charge is 0.490 e. The van der Waals surface area contributed by atoms with Crippen molar-refractivity contribution in [2.24, 2.45) is 5.92 Å².